The summed E-state index contributed by atoms with van der Waals surface area (Å²) in [5.74, 6) is -0.670. The molecular formula is C17H22ClN3O2. The van der Waals surface area contributed by atoms with Gasteiger partial charge < -0.3 is 14.7 Å². The molecule has 0 saturated carbocycles. The van der Waals surface area contributed by atoms with Crippen LogP contribution in [0, 0.1) is 12.8 Å². The van der Waals surface area contributed by atoms with E-state index in [2.05, 4.69) is 4.90 Å². The van der Waals surface area contributed by atoms with E-state index in [0.29, 0.717) is 31.1 Å². The van der Waals surface area contributed by atoms with Crippen LogP contribution in [0.25, 0.3) is 0 Å². The van der Waals surface area contributed by atoms with E-state index in [1.807, 2.05) is 31.0 Å². The number of amides is 2. The van der Waals surface area contributed by atoms with Crippen molar-refractivity contribution in [1.29, 1.82) is 0 Å². The Morgan fingerprint density at radius 1 is 1.17 bits per heavy atom. The molecule has 2 heterocycles. The van der Waals surface area contributed by atoms with Crippen molar-refractivity contribution in [3.63, 3.8) is 0 Å². The molecule has 1 aromatic rings. The highest BCUT2D eigenvalue weighted by Gasteiger charge is 2.40. The van der Waals surface area contributed by atoms with Crippen LogP contribution in [0.2, 0.25) is 5.02 Å². The number of likely N-dealkylation sites (N-methyl/N-ethyl adjacent to an activating group) is 1. The van der Waals surface area contributed by atoms with Crippen LogP contribution in [0.3, 0.4) is 0 Å². The molecule has 2 aliphatic rings. The summed E-state index contributed by atoms with van der Waals surface area (Å²) >= 11 is 6.16. The first-order valence-electron chi connectivity index (χ1n) is 8.02. The van der Waals surface area contributed by atoms with E-state index in [-0.39, 0.29) is 11.8 Å². The quantitative estimate of drug-likeness (QED) is 0.774. The second kappa shape index (κ2) is 6.49. The molecule has 1 atom stereocenters. The van der Waals surface area contributed by atoms with Gasteiger partial charge >= 0.3 is 0 Å². The van der Waals surface area contributed by atoms with E-state index in [1.54, 1.807) is 11.0 Å². The van der Waals surface area contributed by atoms with Gasteiger partial charge in [-0.3, -0.25) is 9.59 Å². The fourth-order valence-corrected chi connectivity index (χ4v) is 3.34. The van der Waals surface area contributed by atoms with Crippen LogP contribution in [-0.4, -0.2) is 61.4 Å². The summed E-state index contributed by atoms with van der Waals surface area (Å²) in [5, 5.41) is 0.643. The molecule has 1 aromatic carbocycles. The Bertz CT molecular complexity index is 626. The fraction of sp³-hybridized carbons (Fsp3) is 0.529. The standard InChI is InChI=1S/C17H22ClN3O2/c1-12-3-4-13(11-15(12)18)21-6-5-14(17(21)23)16(22)20-9-7-19(2)8-10-20/h3-4,11,14H,5-10H2,1-2H3. The molecule has 0 bridgehead atoms. The van der Waals surface area contributed by atoms with Crippen LogP contribution in [0.1, 0.15) is 12.0 Å². The number of benzene rings is 1. The lowest BCUT2D eigenvalue weighted by atomic mass is 10.1. The Morgan fingerprint density at radius 2 is 1.87 bits per heavy atom. The molecule has 1 unspecified atom stereocenters. The van der Waals surface area contributed by atoms with Crippen molar-refractivity contribution in [2.45, 2.75) is 13.3 Å². The van der Waals surface area contributed by atoms with Gasteiger partial charge in [-0.1, -0.05) is 17.7 Å². The molecule has 124 valence electrons. The molecule has 2 aliphatic heterocycles. The second-order valence-electron chi connectivity index (χ2n) is 6.39. The minimum Gasteiger partial charge on any atom is -0.339 e. The molecular weight excluding hydrogens is 314 g/mol. The number of hydrogen-bond acceptors (Lipinski definition) is 3. The van der Waals surface area contributed by atoms with Gasteiger partial charge in [0.1, 0.15) is 5.92 Å². The van der Waals surface area contributed by atoms with E-state index >= 15 is 0 Å². The van der Waals surface area contributed by atoms with E-state index in [4.69, 9.17) is 11.6 Å². The van der Waals surface area contributed by atoms with Crippen molar-refractivity contribution in [1.82, 2.24) is 9.80 Å². The van der Waals surface area contributed by atoms with Gasteiger partial charge in [-0.2, -0.15) is 0 Å². The maximum Gasteiger partial charge on any atom is 0.239 e. The Hall–Kier alpha value is -1.59. The predicted octanol–water partition coefficient (Wildman–Crippen LogP) is 1.78. The number of halogens is 1. The first-order chi connectivity index (χ1) is 11.0. The highest BCUT2D eigenvalue weighted by Crippen LogP contribution is 2.29. The van der Waals surface area contributed by atoms with Crippen LogP contribution in [-0.2, 0) is 9.59 Å². The number of carbonyl (C=O) groups is 2. The average molecular weight is 336 g/mol. The van der Waals surface area contributed by atoms with Crippen LogP contribution >= 0.6 is 11.6 Å². The van der Waals surface area contributed by atoms with Crippen molar-refractivity contribution in [3.05, 3.63) is 28.8 Å². The van der Waals surface area contributed by atoms with E-state index in [1.165, 1.54) is 0 Å². The zero-order valence-electron chi connectivity index (χ0n) is 13.6. The molecule has 0 aliphatic carbocycles. The summed E-state index contributed by atoms with van der Waals surface area (Å²) in [6.45, 7) is 5.64. The lowest BCUT2D eigenvalue weighted by Crippen LogP contribution is -2.50. The van der Waals surface area contributed by atoms with Gasteiger partial charge in [0.05, 0.1) is 0 Å². The van der Waals surface area contributed by atoms with Crippen molar-refractivity contribution >= 4 is 29.1 Å². The van der Waals surface area contributed by atoms with Crippen LogP contribution in [0.15, 0.2) is 18.2 Å². The molecule has 0 aromatic heterocycles. The summed E-state index contributed by atoms with van der Waals surface area (Å²) in [7, 11) is 2.05. The first kappa shape index (κ1) is 16.3. The zero-order chi connectivity index (χ0) is 16.6. The third-order valence-electron chi connectivity index (χ3n) is 4.79. The van der Waals surface area contributed by atoms with Crippen LogP contribution < -0.4 is 4.90 Å². The van der Waals surface area contributed by atoms with Crippen molar-refractivity contribution in [2.24, 2.45) is 5.92 Å². The summed E-state index contributed by atoms with van der Waals surface area (Å²) in [4.78, 5) is 31.0. The first-order valence-corrected chi connectivity index (χ1v) is 8.40. The number of hydrogen-bond donors (Lipinski definition) is 0. The van der Waals surface area contributed by atoms with Crippen molar-refractivity contribution in [3.8, 4) is 0 Å². The average Bonchev–Trinajstić information content (AvgIpc) is 2.92. The van der Waals surface area contributed by atoms with E-state index < -0.39 is 5.92 Å². The number of piperazine rings is 1. The number of anilines is 1. The van der Waals surface area contributed by atoms with Gasteiger partial charge in [-0.15, -0.1) is 0 Å². The molecule has 2 amide bonds. The number of aryl methyl sites for hydroxylation is 1. The van der Waals surface area contributed by atoms with Crippen molar-refractivity contribution < 1.29 is 9.59 Å². The number of carbonyl (C=O) groups excluding carboxylic acids is 2. The molecule has 3 rings (SSSR count). The third-order valence-corrected chi connectivity index (χ3v) is 5.19. The second-order valence-corrected chi connectivity index (χ2v) is 6.80. The topological polar surface area (TPSA) is 43.9 Å². The van der Waals surface area contributed by atoms with Gasteiger partial charge in [0.2, 0.25) is 11.8 Å². The number of rotatable bonds is 2. The Balaban J connectivity index is 1.71. The zero-order valence-corrected chi connectivity index (χ0v) is 14.3. The largest absolute Gasteiger partial charge is 0.339 e. The Morgan fingerprint density at radius 3 is 2.52 bits per heavy atom. The number of nitrogens with zero attached hydrogens (tertiary/aromatic N) is 3. The summed E-state index contributed by atoms with van der Waals surface area (Å²) in [6.07, 6.45) is 0.579. The maximum absolute atomic E-state index is 12.7. The van der Waals surface area contributed by atoms with Gasteiger partial charge in [0.15, 0.2) is 0 Å². The Labute approximate surface area is 141 Å². The van der Waals surface area contributed by atoms with Crippen LogP contribution in [0.5, 0.6) is 0 Å². The minimum atomic E-state index is -0.543. The molecule has 2 saturated heterocycles. The smallest absolute Gasteiger partial charge is 0.239 e. The molecule has 23 heavy (non-hydrogen) atoms. The van der Waals surface area contributed by atoms with Gasteiger partial charge in [0, 0.05) is 43.4 Å². The molecule has 2 fully saturated rings. The highest BCUT2D eigenvalue weighted by molar-refractivity contribution is 6.31. The van der Waals surface area contributed by atoms with E-state index in [0.717, 1.165) is 24.3 Å². The molecule has 0 N–H and O–H groups in total. The summed E-state index contributed by atoms with van der Waals surface area (Å²) < 4.78 is 0. The Kier molecular flexibility index (Phi) is 4.60. The minimum absolute atomic E-state index is 0.0243. The fourth-order valence-electron chi connectivity index (χ4n) is 3.16. The molecule has 5 nitrogen and oxygen atoms in total. The highest BCUT2D eigenvalue weighted by atomic mass is 35.5. The monoisotopic (exact) mass is 335 g/mol. The third kappa shape index (κ3) is 3.21. The molecule has 0 radical (unpaired) electrons. The van der Waals surface area contributed by atoms with Gasteiger partial charge in [0.25, 0.3) is 0 Å². The SMILES string of the molecule is Cc1ccc(N2CCC(C(=O)N3CCN(C)CC3)C2=O)cc1Cl. The lowest BCUT2D eigenvalue weighted by Gasteiger charge is -2.33. The summed E-state index contributed by atoms with van der Waals surface area (Å²) in [6, 6.07) is 5.60. The molecule has 0 spiro atoms. The normalized spacial score (nSPS) is 22.7. The van der Waals surface area contributed by atoms with E-state index in [9.17, 15) is 9.59 Å². The maximum atomic E-state index is 12.7. The van der Waals surface area contributed by atoms with Gasteiger partial charge in [-0.25, -0.2) is 0 Å². The van der Waals surface area contributed by atoms with Crippen LogP contribution in [0.4, 0.5) is 5.69 Å². The summed E-state index contributed by atoms with van der Waals surface area (Å²) in [5.41, 5.74) is 1.76. The van der Waals surface area contributed by atoms with Gasteiger partial charge in [-0.05, 0) is 38.1 Å². The predicted molar refractivity (Wildman–Crippen MR) is 90.7 cm³/mol. The van der Waals surface area contributed by atoms with Crippen molar-refractivity contribution in [2.75, 3.05) is 44.7 Å². The lowest BCUT2D eigenvalue weighted by molar-refractivity contribution is -0.141. The molecule has 6 heteroatoms.